The molecule has 0 atom stereocenters. The summed E-state index contributed by atoms with van der Waals surface area (Å²) in [5, 5.41) is 3.17. The van der Waals surface area contributed by atoms with E-state index in [4.69, 9.17) is 0 Å². The van der Waals surface area contributed by atoms with Gasteiger partial charge in [0.2, 0.25) is 5.95 Å². The Morgan fingerprint density at radius 1 is 1.18 bits per heavy atom. The average Bonchev–Trinajstić information content (AvgIpc) is 2.46. The predicted octanol–water partition coefficient (Wildman–Crippen LogP) is 2.96. The van der Waals surface area contributed by atoms with Gasteiger partial charge in [0.25, 0.3) is 5.91 Å². The smallest absolute Gasteiger partial charge is 0.272 e. The minimum atomic E-state index is -0.155. The largest absolute Gasteiger partial charge is 0.350 e. The molecule has 1 amide bonds. The number of carbonyl (C=O) groups is 1. The van der Waals surface area contributed by atoms with Gasteiger partial charge in [-0.15, -0.1) is 0 Å². The molecule has 2 rings (SSSR count). The summed E-state index contributed by atoms with van der Waals surface area (Å²) in [5.74, 6) is 0.342. The maximum atomic E-state index is 12.5. The van der Waals surface area contributed by atoms with Crippen molar-refractivity contribution in [3.8, 4) is 0 Å². The molecule has 0 aliphatic heterocycles. The van der Waals surface area contributed by atoms with Gasteiger partial charge in [-0.2, -0.15) is 0 Å². The Kier molecular flexibility index (Phi) is 4.75. The normalized spacial score (nSPS) is 11.1. The first-order chi connectivity index (χ1) is 10.3. The van der Waals surface area contributed by atoms with Crippen LogP contribution in [0.25, 0.3) is 0 Å². The molecule has 5 heteroatoms. The third-order valence-corrected chi connectivity index (χ3v) is 2.97. The first kappa shape index (κ1) is 15.9. The van der Waals surface area contributed by atoms with Crippen LogP contribution in [0.3, 0.4) is 0 Å². The van der Waals surface area contributed by atoms with Crippen molar-refractivity contribution >= 4 is 11.9 Å². The van der Waals surface area contributed by atoms with Crippen LogP contribution < -0.4 is 5.32 Å². The lowest BCUT2D eigenvalue weighted by Crippen LogP contribution is -2.29. The SMILES string of the molecule is CN(Cc1ccccc1)C(=O)c1ccnc(NC(C)(C)C)n1. The molecule has 0 radical (unpaired) electrons. The van der Waals surface area contributed by atoms with E-state index < -0.39 is 0 Å². The molecule has 0 fully saturated rings. The molecule has 0 aliphatic carbocycles. The topological polar surface area (TPSA) is 58.1 Å². The fourth-order valence-corrected chi connectivity index (χ4v) is 2.00. The van der Waals surface area contributed by atoms with E-state index in [1.54, 1.807) is 24.2 Å². The van der Waals surface area contributed by atoms with Crippen LogP contribution in [0.2, 0.25) is 0 Å². The lowest BCUT2D eigenvalue weighted by atomic mass is 10.1. The monoisotopic (exact) mass is 298 g/mol. The van der Waals surface area contributed by atoms with Crippen molar-refractivity contribution in [2.24, 2.45) is 0 Å². The molecule has 0 saturated carbocycles. The zero-order chi connectivity index (χ0) is 16.2. The second-order valence-corrected chi connectivity index (χ2v) is 6.29. The van der Waals surface area contributed by atoms with Crippen LogP contribution in [-0.4, -0.2) is 33.4 Å². The molecule has 2 aromatic rings. The van der Waals surface area contributed by atoms with Gasteiger partial charge in [-0.3, -0.25) is 4.79 Å². The highest BCUT2D eigenvalue weighted by Crippen LogP contribution is 2.11. The number of aromatic nitrogens is 2. The van der Waals surface area contributed by atoms with Crippen LogP contribution in [0.4, 0.5) is 5.95 Å². The molecule has 0 saturated heterocycles. The van der Waals surface area contributed by atoms with Gasteiger partial charge in [0.05, 0.1) is 0 Å². The van der Waals surface area contributed by atoms with Gasteiger partial charge in [-0.1, -0.05) is 30.3 Å². The fraction of sp³-hybridized carbons (Fsp3) is 0.353. The van der Waals surface area contributed by atoms with Crippen LogP contribution in [0.15, 0.2) is 42.6 Å². The molecule has 22 heavy (non-hydrogen) atoms. The van der Waals surface area contributed by atoms with Crippen molar-refractivity contribution < 1.29 is 4.79 Å². The van der Waals surface area contributed by atoms with Crippen LogP contribution in [0.1, 0.15) is 36.8 Å². The molecule has 116 valence electrons. The van der Waals surface area contributed by atoms with E-state index in [0.717, 1.165) is 5.56 Å². The Morgan fingerprint density at radius 3 is 2.50 bits per heavy atom. The minimum Gasteiger partial charge on any atom is -0.350 e. The molecule has 0 bridgehead atoms. The summed E-state index contributed by atoms with van der Waals surface area (Å²) in [4.78, 5) is 22.6. The molecular weight excluding hydrogens is 276 g/mol. The quantitative estimate of drug-likeness (QED) is 0.943. The number of hydrogen-bond acceptors (Lipinski definition) is 4. The van der Waals surface area contributed by atoms with E-state index in [9.17, 15) is 4.79 Å². The molecule has 0 aliphatic rings. The van der Waals surface area contributed by atoms with E-state index in [1.807, 2.05) is 51.1 Å². The summed E-state index contributed by atoms with van der Waals surface area (Å²) >= 11 is 0. The molecule has 0 spiro atoms. The number of nitrogens with one attached hydrogen (secondary N) is 1. The van der Waals surface area contributed by atoms with Crippen molar-refractivity contribution in [1.82, 2.24) is 14.9 Å². The van der Waals surface area contributed by atoms with Crippen molar-refractivity contribution in [1.29, 1.82) is 0 Å². The van der Waals surface area contributed by atoms with Crippen molar-refractivity contribution in [3.05, 3.63) is 53.9 Å². The van der Waals surface area contributed by atoms with Crippen molar-refractivity contribution in [2.45, 2.75) is 32.9 Å². The van der Waals surface area contributed by atoms with Gasteiger partial charge in [0.1, 0.15) is 5.69 Å². The Labute approximate surface area is 131 Å². The number of rotatable bonds is 4. The van der Waals surface area contributed by atoms with Crippen LogP contribution in [0.5, 0.6) is 0 Å². The lowest BCUT2D eigenvalue weighted by Gasteiger charge is -2.21. The number of anilines is 1. The summed E-state index contributed by atoms with van der Waals surface area (Å²) < 4.78 is 0. The lowest BCUT2D eigenvalue weighted by molar-refractivity contribution is 0.0779. The summed E-state index contributed by atoms with van der Waals surface area (Å²) in [6.45, 7) is 6.61. The van der Waals surface area contributed by atoms with Gasteiger partial charge in [-0.25, -0.2) is 9.97 Å². The first-order valence-electron chi connectivity index (χ1n) is 7.26. The summed E-state index contributed by atoms with van der Waals surface area (Å²) in [5.41, 5.74) is 1.32. The van der Waals surface area contributed by atoms with Crippen molar-refractivity contribution in [2.75, 3.05) is 12.4 Å². The highest BCUT2D eigenvalue weighted by molar-refractivity contribution is 5.92. The van der Waals surface area contributed by atoms with Gasteiger partial charge >= 0.3 is 0 Å². The molecule has 1 aromatic heterocycles. The second kappa shape index (κ2) is 6.56. The Balaban J connectivity index is 2.10. The van der Waals surface area contributed by atoms with E-state index in [-0.39, 0.29) is 11.4 Å². The summed E-state index contributed by atoms with van der Waals surface area (Å²) in [7, 11) is 1.77. The number of carbonyl (C=O) groups excluding carboxylic acids is 1. The van der Waals surface area contributed by atoms with E-state index in [0.29, 0.717) is 18.2 Å². The maximum Gasteiger partial charge on any atom is 0.272 e. The van der Waals surface area contributed by atoms with E-state index in [2.05, 4.69) is 15.3 Å². The van der Waals surface area contributed by atoms with Crippen LogP contribution in [-0.2, 0) is 6.54 Å². The third kappa shape index (κ3) is 4.55. The maximum absolute atomic E-state index is 12.5. The summed E-state index contributed by atoms with van der Waals surface area (Å²) in [6.07, 6.45) is 1.60. The Bertz CT molecular complexity index is 635. The molecule has 1 N–H and O–H groups in total. The number of nitrogens with zero attached hydrogens (tertiary/aromatic N) is 3. The van der Waals surface area contributed by atoms with Crippen molar-refractivity contribution in [3.63, 3.8) is 0 Å². The Morgan fingerprint density at radius 2 is 1.86 bits per heavy atom. The number of hydrogen-bond donors (Lipinski definition) is 1. The summed E-state index contributed by atoms with van der Waals surface area (Å²) in [6, 6.07) is 11.5. The van der Waals surface area contributed by atoms with Crippen LogP contribution >= 0.6 is 0 Å². The average molecular weight is 298 g/mol. The molecule has 1 heterocycles. The molecule has 1 aromatic carbocycles. The minimum absolute atomic E-state index is 0.122. The molecular formula is C17H22N4O. The van der Waals surface area contributed by atoms with E-state index in [1.165, 1.54) is 0 Å². The fourth-order valence-electron chi connectivity index (χ4n) is 2.00. The zero-order valence-electron chi connectivity index (χ0n) is 13.5. The standard InChI is InChI=1S/C17H22N4O/c1-17(2,3)20-16-18-11-10-14(19-16)15(22)21(4)12-13-8-6-5-7-9-13/h5-11H,12H2,1-4H3,(H,18,19,20). The van der Waals surface area contributed by atoms with Gasteiger partial charge < -0.3 is 10.2 Å². The van der Waals surface area contributed by atoms with Gasteiger partial charge in [0, 0.05) is 25.3 Å². The molecule has 5 nitrogen and oxygen atoms in total. The number of amides is 1. The van der Waals surface area contributed by atoms with Crippen LogP contribution in [0, 0.1) is 0 Å². The van der Waals surface area contributed by atoms with Gasteiger partial charge in [0.15, 0.2) is 0 Å². The molecule has 0 unspecified atom stereocenters. The second-order valence-electron chi connectivity index (χ2n) is 6.29. The number of benzene rings is 1. The highest BCUT2D eigenvalue weighted by Gasteiger charge is 2.16. The highest BCUT2D eigenvalue weighted by atomic mass is 16.2. The predicted molar refractivity (Wildman–Crippen MR) is 87.6 cm³/mol. The zero-order valence-corrected chi connectivity index (χ0v) is 13.5. The third-order valence-electron chi connectivity index (χ3n) is 2.97. The Hall–Kier alpha value is -2.43. The van der Waals surface area contributed by atoms with E-state index >= 15 is 0 Å². The van der Waals surface area contributed by atoms with Gasteiger partial charge in [-0.05, 0) is 32.4 Å². The first-order valence-corrected chi connectivity index (χ1v) is 7.26.